The summed E-state index contributed by atoms with van der Waals surface area (Å²) >= 11 is 0. The number of H-pyrrole nitrogens is 1. The summed E-state index contributed by atoms with van der Waals surface area (Å²) in [6.45, 7) is 4.37. The molecular weight excluding hydrogens is 394 g/mol. The Labute approximate surface area is 182 Å². The SMILES string of the molecule is CNC(=O)c1ccc(N2CCC(N3CCC(c4ccc(COC)c(=O)[nH]4)C3)CC2)cn1. The fourth-order valence-electron chi connectivity index (χ4n) is 4.72. The van der Waals surface area contributed by atoms with E-state index in [1.165, 1.54) is 0 Å². The molecule has 4 rings (SSSR count). The summed E-state index contributed by atoms with van der Waals surface area (Å²) < 4.78 is 5.08. The summed E-state index contributed by atoms with van der Waals surface area (Å²) in [5, 5.41) is 2.60. The van der Waals surface area contributed by atoms with Crippen molar-refractivity contribution in [3.63, 3.8) is 0 Å². The number of anilines is 1. The zero-order chi connectivity index (χ0) is 21.8. The quantitative estimate of drug-likeness (QED) is 0.733. The Morgan fingerprint density at radius 3 is 2.65 bits per heavy atom. The summed E-state index contributed by atoms with van der Waals surface area (Å²) in [6, 6.07) is 8.26. The molecule has 2 N–H and O–H groups in total. The van der Waals surface area contributed by atoms with Crippen LogP contribution in [-0.2, 0) is 11.3 Å². The number of hydrogen-bond acceptors (Lipinski definition) is 6. The maximum atomic E-state index is 12.2. The molecule has 31 heavy (non-hydrogen) atoms. The Hall–Kier alpha value is -2.71. The van der Waals surface area contributed by atoms with Crippen molar-refractivity contribution in [2.75, 3.05) is 45.2 Å². The van der Waals surface area contributed by atoms with Crippen molar-refractivity contribution in [3.8, 4) is 0 Å². The smallest absolute Gasteiger partial charge is 0.269 e. The van der Waals surface area contributed by atoms with Gasteiger partial charge in [-0.15, -0.1) is 0 Å². The van der Waals surface area contributed by atoms with Crippen LogP contribution >= 0.6 is 0 Å². The number of aromatic amines is 1. The van der Waals surface area contributed by atoms with E-state index in [9.17, 15) is 9.59 Å². The average Bonchev–Trinajstić information content (AvgIpc) is 3.30. The predicted octanol–water partition coefficient (Wildman–Crippen LogP) is 1.73. The second-order valence-electron chi connectivity index (χ2n) is 8.38. The van der Waals surface area contributed by atoms with Gasteiger partial charge in [-0.3, -0.25) is 14.5 Å². The summed E-state index contributed by atoms with van der Waals surface area (Å²) in [6.07, 6.45) is 5.07. The molecule has 2 aliphatic rings. The first-order valence-corrected chi connectivity index (χ1v) is 11.0. The first-order chi connectivity index (χ1) is 15.1. The number of methoxy groups -OCH3 is 1. The highest BCUT2D eigenvalue weighted by Gasteiger charge is 2.32. The molecule has 1 amide bonds. The molecule has 2 aromatic rings. The van der Waals surface area contributed by atoms with E-state index in [-0.39, 0.29) is 11.5 Å². The average molecular weight is 426 g/mol. The number of hydrogen-bond donors (Lipinski definition) is 2. The van der Waals surface area contributed by atoms with E-state index in [1.54, 1.807) is 26.4 Å². The van der Waals surface area contributed by atoms with Crippen molar-refractivity contribution < 1.29 is 9.53 Å². The predicted molar refractivity (Wildman–Crippen MR) is 120 cm³/mol. The van der Waals surface area contributed by atoms with Gasteiger partial charge in [-0.05, 0) is 50.1 Å². The standard InChI is InChI=1S/C23H31N5O3/c1-24-23(30)21-6-4-19(13-25-21)27-11-8-18(9-12-27)28-10-7-16(14-28)20-5-3-17(15-31-2)22(29)26-20/h3-6,13,16,18H,7-12,14-15H2,1-2H3,(H,24,30)(H,26,29). The van der Waals surface area contributed by atoms with Crippen LogP contribution in [0.4, 0.5) is 5.69 Å². The summed E-state index contributed by atoms with van der Waals surface area (Å²) in [5.41, 5.74) is 3.18. The number of ether oxygens (including phenoxy) is 1. The molecule has 2 aromatic heterocycles. The number of rotatable bonds is 6. The lowest BCUT2D eigenvalue weighted by molar-refractivity contribution is 0.0958. The zero-order valence-electron chi connectivity index (χ0n) is 18.3. The van der Waals surface area contributed by atoms with Gasteiger partial charge in [0.05, 0.1) is 18.5 Å². The summed E-state index contributed by atoms with van der Waals surface area (Å²) in [5.74, 6) is 0.215. The van der Waals surface area contributed by atoms with Crippen LogP contribution in [0.1, 0.15) is 46.9 Å². The summed E-state index contributed by atoms with van der Waals surface area (Å²) in [7, 11) is 3.21. The molecule has 0 radical (unpaired) electrons. The molecule has 4 heterocycles. The molecule has 2 saturated heterocycles. The second-order valence-corrected chi connectivity index (χ2v) is 8.38. The maximum absolute atomic E-state index is 12.2. The maximum Gasteiger partial charge on any atom is 0.269 e. The molecule has 0 saturated carbocycles. The number of aromatic nitrogens is 2. The largest absolute Gasteiger partial charge is 0.380 e. The Balaban J connectivity index is 1.31. The van der Waals surface area contributed by atoms with Crippen LogP contribution in [0, 0.1) is 0 Å². The lowest BCUT2D eigenvalue weighted by Gasteiger charge is -2.37. The van der Waals surface area contributed by atoms with E-state index < -0.39 is 0 Å². The highest BCUT2D eigenvalue weighted by molar-refractivity contribution is 5.92. The number of likely N-dealkylation sites (tertiary alicyclic amines) is 1. The summed E-state index contributed by atoms with van der Waals surface area (Å²) in [4.78, 5) is 36.2. The van der Waals surface area contributed by atoms with Gasteiger partial charge in [0.2, 0.25) is 0 Å². The van der Waals surface area contributed by atoms with Crippen LogP contribution in [0.2, 0.25) is 0 Å². The molecule has 166 valence electrons. The number of nitrogens with zero attached hydrogens (tertiary/aromatic N) is 3. The topological polar surface area (TPSA) is 90.6 Å². The lowest BCUT2D eigenvalue weighted by atomic mass is 10.0. The highest BCUT2D eigenvalue weighted by Crippen LogP contribution is 2.30. The minimum absolute atomic E-state index is 0.0397. The fourth-order valence-corrected chi connectivity index (χ4v) is 4.72. The number of carbonyl (C=O) groups is 1. The van der Waals surface area contributed by atoms with Crippen LogP contribution < -0.4 is 15.8 Å². The molecule has 0 bridgehead atoms. The molecule has 1 unspecified atom stereocenters. The molecule has 8 heteroatoms. The van der Waals surface area contributed by atoms with Gasteiger partial charge in [-0.1, -0.05) is 0 Å². The minimum Gasteiger partial charge on any atom is -0.380 e. The van der Waals surface area contributed by atoms with Crippen LogP contribution in [0.15, 0.2) is 35.3 Å². The molecule has 2 fully saturated rings. The van der Waals surface area contributed by atoms with Crippen molar-refractivity contribution in [1.82, 2.24) is 20.2 Å². The monoisotopic (exact) mass is 425 g/mol. The Morgan fingerprint density at radius 2 is 2.00 bits per heavy atom. The molecular formula is C23H31N5O3. The lowest BCUT2D eigenvalue weighted by Crippen LogP contribution is -2.44. The number of nitrogens with one attached hydrogen (secondary N) is 2. The first kappa shape index (κ1) is 21.5. The number of pyridine rings is 2. The zero-order valence-corrected chi connectivity index (χ0v) is 18.3. The van der Waals surface area contributed by atoms with Gasteiger partial charge in [0.25, 0.3) is 11.5 Å². The van der Waals surface area contributed by atoms with Crippen LogP contribution in [0.5, 0.6) is 0 Å². The Bertz CT molecular complexity index is 950. The number of amides is 1. The molecule has 8 nitrogen and oxygen atoms in total. The molecule has 0 aromatic carbocycles. The third-order valence-electron chi connectivity index (χ3n) is 6.53. The molecule has 0 aliphatic carbocycles. The van der Waals surface area contributed by atoms with Crippen LogP contribution in [-0.4, -0.2) is 67.2 Å². The van der Waals surface area contributed by atoms with Gasteiger partial charge in [0.1, 0.15) is 5.69 Å². The van der Waals surface area contributed by atoms with Crippen molar-refractivity contribution in [1.29, 1.82) is 0 Å². The van der Waals surface area contributed by atoms with Crippen LogP contribution in [0.25, 0.3) is 0 Å². The van der Waals surface area contributed by atoms with E-state index in [0.29, 0.717) is 29.8 Å². The van der Waals surface area contributed by atoms with Gasteiger partial charge in [0.15, 0.2) is 0 Å². The molecule has 0 spiro atoms. The Morgan fingerprint density at radius 1 is 1.19 bits per heavy atom. The van der Waals surface area contributed by atoms with Crippen molar-refractivity contribution in [3.05, 3.63) is 57.8 Å². The molecule has 2 aliphatic heterocycles. The van der Waals surface area contributed by atoms with Gasteiger partial charge >= 0.3 is 0 Å². The third kappa shape index (κ3) is 4.80. The van der Waals surface area contributed by atoms with E-state index in [1.807, 2.05) is 18.2 Å². The minimum atomic E-state index is -0.163. The van der Waals surface area contributed by atoms with Gasteiger partial charge in [0, 0.05) is 57.0 Å². The fraction of sp³-hybridized carbons (Fsp3) is 0.522. The van der Waals surface area contributed by atoms with Gasteiger partial charge in [-0.2, -0.15) is 0 Å². The van der Waals surface area contributed by atoms with Crippen molar-refractivity contribution in [2.24, 2.45) is 0 Å². The highest BCUT2D eigenvalue weighted by atomic mass is 16.5. The first-order valence-electron chi connectivity index (χ1n) is 11.0. The normalized spacial score (nSPS) is 20.2. The van der Waals surface area contributed by atoms with Gasteiger partial charge in [-0.25, -0.2) is 4.98 Å². The second kappa shape index (κ2) is 9.62. The van der Waals surface area contributed by atoms with E-state index in [0.717, 1.165) is 56.8 Å². The van der Waals surface area contributed by atoms with Gasteiger partial charge < -0.3 is 19.9 Å². The number of carbonyl (C=O) groups excluding carboxylic acids is 1. The van der Waals surface area contributed by atoms with Crippen molar-refractivity contribution in [2.45, 2.75) is 37.8 Å². The van der Waals surface area contributed by atoms with E-state index in [2.05, 4.69) is 25.1 Å². The van der Waals surface area contributed by atoms with E-state index >= 15 is 0 Å². The Kier molecular flexibility index (Phi) is 6.67. The third-order valence-corrected chi connectivity index (χ3v) is 6.53. The molecule has 1 atom stereocenters. The van der Waals surface area contributed by atoms with Crippen LogP contribution in [0.3, 0.4) is 0 Å². The van der Waals surface area contributed by atoms with Crippen molar-refractivity contribution >= 4 is 11.6 Å². The van der Waals surface area contributed by atoms with E-state index in [4.69, 9.17) is 4.74 Å². The number of piperidine rings is 1.